The van der Waals surface area contributed by atoms with Crippen molar-refractivity contribution in [3.63, 3.8) is 0 Å². The largest absolute Gasteiger partial charge is 0.468 e. The van der Waals surface area contributed by atoms with Crippen LogP contribution in [0.3, 0.4) is 0 Å². The van der Waals surface area contributed by atoms with E-state index in [4.69, 9.17) is 9.47 Å². The van der Waals surface area contributed by atoms with Crippen LogP contribution < -0.4 is 5.32 Å². The number of hydrogen-bond acceptors (Lipinski definition) is 4. The van der Waals surface area contributed by atoms with Crippen LogP contribution in [0.5, 0.6) is 0 Å². The molecule has 0 aromatic rings. The number of ether oxygens (including phenoxy) is 2. The molecule has 15 heavy (non-hydrogen) atoms. The first-order chi connectivity index (χ1) is 7.29. The van der Waals surface area contributed by atoms with Crippen molar-refractivity contribution >= 4 is 5.97 Å². The molecule has 4 nitrogen and oxygen atoms in total. The van der Waals surface area contributed by atoms with Gasteiger partial charge in [-0.05, 0) is 32.2 Å². The minimum Gasteiger partial charge on any atom is -0.468 e. The molecule has 2 heterocycles. The second-order valence-corrected chi connectivity index (χ2v) is 4.41. The van der Waals surface area contributed by atoms with Crippen LogP contribution in [0, 0.1) is 5.92 Å². The molecular formula is C11H19NO3. The summed E-state index contributed by atoms with van der Waals surface area (Å²) in [5.41, 5.74) is -0.469. The highest BCUT2D eigenvalue weighted by Crippen LogP contribution is 2.33. The summed E-state index contributed by atoms with van der Waals surface area (Å²) in [6, 6.07) is 0. The Balaban J connectivity index is 2.16. The van der Waals surface area contributed by atoms with Crippen LogP contribution >= 0.6 is 0 Å². The van der Waals surface area contributed by atoms with Gasteiger partial charge >= 0.3 is 5.97 Å². The number of carbonyl (C=O) groups excluding carboxylic acids is 1. The summed E-state index contributed by atoms with van der Waals surface area (Å²) >= 11 is 0. The molecule has 86 valence electrons. The normalized spacial score (nSPS) is 36.5. The zero-order valence-corrected chi connectivity index (χ0v) is 9.25. The Kier molecular flexibility index (Phi) is 3.26. The van der Waals surface area contributed by atoms with E-state index in [1.807, 2.05) is 0 Å². The van der Waals surface area contributed by atoms with E-state index in [0.29, 0.717) is 6.61 Å². The average Bonchev–Trinajstić information content (AvgIpc) is 2.83. The third kappa shape index (κ3) is 1.88. The average molecular weight is 213 g/mol. The predicted octanol–water partition coefficient (Wildman–Crippen LogP) is 0.708. The van der Waals surface area contributed by atoms with Gasteiger partial charge in [-0.2, -0.15) is 0 Å². The van der Waals surface area contributed by atoms with Crippen molar-refractivity contribution < 1.29 is 14.3 Å². The monoisotopic (exact) mass is 213 g/mol. The van der Waals surface area contributed by atoms with E-state index in [2.05, 4.69) is 5.32 Å². The van der Waals surface area contributed by atoms with Crippen molar-refractivity contribution in [3.05, 3.63) is 0 Å². The molecule has 0 aliphatic carbocycles. The van der Waals surface area contributed by atoms with Crippen LogP contribution in [-0.4, -0.2) is 38.4 Å². The van der Waals surface area contributed by atoms with Gasteiger partial charge in [-0.15, -0.1) is 0 Å². The molecule has 0 spiro atoms. The number of nitrogens with one attached hydrogen (secondary N) is 1. The van der Waals surface area contributed by atoms with E-state index in [9.17, 15) is 4.79 Å². The lowest BCUT2D eigenvalue weighted by molar-refractivity contribution is -0.152. The summed E-state index contributed by atoms with van der Waals surface area (Å²) in [5, 5.41) is 3.37. The molecule has 4 heteroatoms. The van der Waals surface area contributed by atoms with Crippen molar-refractivity contribution in [3.8, 4) is 0 Å². The van der Waals surface area contributed by atoms with Gasteiger partial charge in [0.15, 0.2) is 0 Å². The Labute approximate surface area is 90.3 Å². The number of esters is 1. The topological polar surface area (TPSA) is 47.6 Å². The molecule has 2 fully saturated rings. The third-order valence-electron chi connectivity index (χ3n) is 3.61. The Morgan fingerprint density at radius 2 is 2.40 bits per heavy atom. The minimum atomic E-state index is -0.469. The summed E-state index contributed by atoms with van der Waals surface area (Å²) in [7, 11) is 1.47. The smallest absolute Gasteiger partial charge is 0.326 e. The summed E-state index contributed by atoms with van der Waals surface area (Å²) in [6.07, 6.45) is 4.08. The second kappa shape index (κ2) is 4.49. The van der Waals surface area contributed by atoms with E-state index in [1.165, 1.54) is 7.11 Å². The number of methoxy groups -OCH3 is 1. The Bertz CT molecular complexity index is 230. The Morgan fingerprint density at radius 3 is 2.93 bits per heavy atom. The highest BCUT2D eigenvalue weighted by molar-refractivity contribution is 5.81. The van der Waals surface area contributed by atoms with E-state index in [1.54, 1.807) is 0 Å². The zero-order valence-electron chi connectivity index (χ0n) is 9.25. The summed E-state index contributed by atoms with van der Waals surface area (Å²) in [6.45, 7) is 2.36. The number of hydrogen-bond donors (Lipinski definition) is 1. The second-order valence-electron chi connectivity index (χ2n) is 4.41. The van der Waals surface area contributed by atoms with Gasteiger partial charge < -0.3 is 14.8 Å². The fourth-order valence-corrected chi connectivity index (χ4v) is 2.72. The molecule has 2 aliphatic heterocycles. The van der Waals surface area contributed by atoms with Gasteiger partial charge in [-0.3, -0.25) is 4.79 Å². The lowest BCUT2D eigenvalue weighted by Crippen LogP contribution is -2.60. The van der Waals surface area contributed by atoms with Crippen molar-refractivity contribution in [2.45, 2.75) is 31.2 Å². The summed E-state index contributed by atoms with van der Waals surface area (Å²) < 4.78 is 10.3. The van der Waals surface area contributed by atoms with E-state index < -0.39 is 5.54 Å². The summed E-state index contributed by atoms with van der Waals surface area (Å²) in [5.74, 6) is 0.169. The number of rotatable bonds is 2. The molecule has 0 bridgehead atoms. The molecule has 2 aliphatic rings. The summed E-state index contributed by atoms with van der Waals surface area (Å²) in [4.78, 5) is 11.9. The molecular weight excluding hydrogens is 194 g/mol. The highest BCUT2D eigenvalue weighted by Gasteiger charge is 2.48. The number of carbonyl (C=O) groups is 1. The maximum Gasteiger partial charge on any atom is 0.326 e. The van der Waals surface area contributed by atoms with E-state index >= 15 is 0 Å². The minimum absolute atomic E-state index is 0.113. The van der Waals surface area contributed by atoms with Gasteiger partial charge in [0.05, 0.1) is 13.7 Å². The first kappa shape index (κ1) is 10.9. The third-order valence-corrected chi connectivity index (χ3v) is 3.61. The fourth-order valence-electron chi connectivity index (χ4n) is 2.72. The van der Waals surface area contributed by atoms with Crippen molar-refractivity contribution in [1.29, 1.82) is 0 Å². The molecule has 2 unspecified atom stereocenters. The molecule has 0 aromatic heterocycles. The number of piperidine rings is 1. The van der Waals surface area contributed by atoms with Crippen molar-refractivity contribution in [1.82, 2.24) is 5.32 Å². The fraction of sp³-hybridized carbons (Fsp3) is 0.909. The van der Waals surface area contributed by atoms with Crippen LogP contribution in [0.25, 0.3) is 0 Å². The van der Waals surface area contributed by atoms with Gasteiger partial charge in [0.25, 0.3) is 0 Å². The molecule has 2 saturated heterocycles. The SMILES string of the molecule is COC(=O)C1(C2CCOC2)CCCCN1. The Morgan fingerprint density at radius 1 is 1.53 bits per heavy atom. The van der Waals surface area contributed by atoms with Crippen LogP contribution in [0.4, 0.5) is 0 Å². The molecule has 1 N–H and O–H groups in total. The first-order valence-corrected chi connectivity index (χ1v) is 5.71. The molecule has 0 amide bonds. The lowest BCUT2D eigenvalue weighted by Gasteiger charge is -2.39. The van der Waals surface area contributed by atoms with Gasteiger partial charge in [-0.25, -0.2) is 0 Å². The Hall–Kier alpha value is -0.610. The van der Waals surface area contributed by atoms with E-state index in [-0.39, 0.29) is 11.9 Å². The lowest BCUT2D eigenvalue weighted by atomic mass is 9.77. The van der Waals surface area contributed by atoms with E-state index in [0.717, 1.165) is 38.8 Å². The van der Waals surface area contributed by atoms with Gasteiger partial charge in [0, 0.05) is 12.5 Å². The standard InChI is InChI=1S/C11H19NO3/c1-14-10(13)11(5-2-3-6-12-11)9-4-7-15-8-9/h9,12H,2-8H2,1H3. The quantitative estimate of drug-likeness (QED) is 0.686. The predicted molar refractivity (Wildman–Crippen MR) is 55.5 cm³/mol. The molecule has 2 atom stereocenters. The van der Waals surface area contributed by atoms with Gasteiger partial charge in [-0.1, -0.05) is 0 Å². The molecule has 0 saturated carbocycles. The van der Waals surface area contributed by atoms with Crippen LogP contribution in [0.1, 0.15) is 25.7 Å². The van der Waals surface area contributed by atoms with Gasteiger partial charge in [0.1, 0.15) is 5.54 Å². The molecule has 0 aromatic carbocycles. The maximum absolute atomic E-state index is 11.9. The van der Waals surface area contributed by atoms with Gasteiger partial charge in [0.2, 0.25) is 0 Å². The van der Waals surface area contributed by atoms with Crippen molar-refractivity contribution in [2.75, 3.05) is 26.9 Å². The van der Waals surface area contributed by atoms with Crippen LogP contribution in [0.2, 0.25) is 0 Å². The highest BCUT2D eigenvalue weighted by atomic mass is 16.5. The molecule has 0 radical (unpaired) electrons. The van der Waals surface area contributed by atoms with Crippen LogP contribution in [-0.2, 0) is 14.3 Å². The van der Waals surface area contributed by atoms with Crippen LogP contribution in [0.15, 0.2) is 0 Å². The zero-order chi connectivity index (χ0) is 10.7. The molecule has 2 rings (SSSR count). The first-order valence-electron chi connectivity index (χ1n) is 5.71. The maximum atomic E-state index is 11.9. The van der Waals surface area contributed by atoms with Crippen molar-refractivity contribution in [2.24, 2.45) is 5.92 Å².